The number of amides is 1. The van der Waals surface area contributed by atoms with Crippen LogP contribution in [0.5, 0.6) is 0 Å². The summed E-state index contributed by atoms with van der Waals surface area (Å²) in [6.07, 6.45) is 3.48. The molecular weight excluding hydrogens is 371 g/mol. The Bertz CT molecular complexity index is 1050. The van der Waals surface area contributed by atoms with Gasteiger partial charge in [-0.3, -0.25) is 4.79 Å². The summed E-state index contributed by atoms with van der Waals surface area (Å²) >= 11 is 5.76. The van der Waals surface area contributed by atoms with Crippen molar-refractivity contribution in [3.8, 4) is 0 Å². The van der Waals surface area contributed by atoms with Crippen LogP contribution >= 0.6 is 11.6 Å². The predicted molar refractivity (Wildman–Crippen MR) is 100 cm³/mol. The van der Waals surface area contributed by atoms with E-state index in [-0.39, 0.29) is 18.0 Å². The number of anilines is 1. The first kappa shape index (κ1) is 17.7. The van der Waals surface area contributed by atoms with Crippen LogP contribution in [0.2, 0.25) is 5.02 Å². The highest BCUT2D eigenvalue weighted by Gasteiger charge is 2.38. The third-order valence-corrected chi connectivity index (χ3v) is 5.00. The van der Waals surface area contributed by atoms with E-state index in [2.05, 4.69) is 27.5 Å². The van der Waals surface area contributed by atoms with Gasteiger partial charge in [0.1, 0.15) is 23.7 Å². The van der Waals surface area contributed by atoms with Gasteiger partial charge in [-0.15, -0.1) is 0 Å². The van der Waals surface area contributed by atoms with Crippen LogP contribution in [0.3, 0.4) is 0 Å². The molecule has 0 atom stereocenters. The van der Waals surface area contributed by atoms with Gasteiger partial charge < -0.3 is 15.1 Å². The Morgan fingerprint density at radius 2 is 2.15 bits per heavy atom. The summed E-state index contributed by atoms with van der Waals surface area (Å²) in [7, 11) is 0. The van der Waals surface area contributed by atoms with Gasteiger partial charge in [0.25, 0.3) is 5.91 Å². The first-order chi connectivity index (χ1) is 12.9. The summed E-state index contributed by atoms with van der Waals surface area (Å²) in [6.45, 7) is 3.82. The van der Waals surface area contributed by atoms with Gasteiger partial charge in [0.15, 0.2) is 0 Å². The van der Waals surface area contributed by atoms with E-state index in [1.54, 1.807) is 19.1 Å². The molecule has 1 saturated carbocycles. The third-order valence-electron chi connectivity index (χ3n) is 4.77. The summed E-state index contributed by atoms with van der Waals surface area (Å²) in [4.78, 5) is 21.2. The molecule has 0 aliphatic heterocycles. The Labute approximate surface area is 160 Å². The molecule has 27 heavy (non-hydrogen) atoms. The van der Waals surface area contributed by atoms with E-state index in [0.29, 0.717) is 38.8 Å². The van der Waals surface area contributed by atoms with Crippen molar-refractivity contribution >= 4 is 34.4 Å². The fourth-order valence-corrected chi connectivity index (χ4v) is 3.10. The lowest BCUT2D eigenvalue weighted by molar-refractivity contribution is 0.0950. The molecule has 1 aliphatic carbocycles. The Hall–Kier alpha value is -2.67. The fourth-order valence-electron chi connectivity index (χ4n) is 2.94. The fraction of sp³-hybridized carbons (Fsp3) is 0.316. The quantitative estimate of drug-likeness (QED) is 0.684. The molecule has 2 N–H and O–H groups in total. The number of carbonyl (C=O) groups is 1. The van der Waals surface area contributed by atoms with E-state index in [1.807, 2.05) is 0 Å². The molecule has 0 bridgehead atoms. The maximum atomic E-state index is 13.9. The van der Waals surface area contributed by atoms with Gasteiger partial charge in [-0.1, -0.05) is 17.7 Å². The topological polar surface area (TPSA) is 80.1 Å². The number of rotatable bonds is 5. The maximum absolute atomic E-state index is 13.9. The lowest BCUT2D eigenvalue weighted by Gasteiger charge is -2.13. The van der Waals surface area contributed by atoms with Crippen molar-refractivity contribution in [2.75, 3.05) is 5.32 Å². The number of hydrogen-bond donors (Lipinski definition) is 2. The number of nitrogens with zero attached hydrogens (tertiary/aromatic N) is 2. The standard InChI is InChI=1S/C19H18ClFN4O2/c1-10-14(17(26)22-8-11-3-4-12(20)7-13(11)21)15-16(25-19(2)5-6-19)23-9-24-18(15)27-10/h3-4,7,9H,5-6,8H2,1-2H3,(H,22,26)(H,23,24,25). The van der Waals surface area contributed by atoms with Crippen molar-refractivity contribution in [1.82, 2.24) is 15.3 Å². The highest BCUT2D eigenvalue weighted by atomic mass is 35.5. The summed E-state index contributed by atoms with van der Waals surface area (Å²) in [6, 6.07) is 4.34. The smallest absolute Gasteiger partial charge is 0.255 e. The molecule has 8 heteroatoms. The van der Waals surface area contributed by atoms with Crippen molar-refractivity contribution in [3.05, 3.63) is 52.3 Å². The van der Waals surface area contributed by atoms with Crippen LogP contribution in [-0.4, -0.2) is 21.4 Å². The second kappa shape index (κ2) is 6.49. The molecule has 6 nitrogen and oxygen atoms in total. The van der Waals surface area contributed by atoms with E-state index in [1.165, 1.54) is 12.4 Å². The molecule has 0 unspecified atom stereocenters. The predicted octanol–water partition coefficient (Wildman–Crippen LogP) is 4.22. The van der Waals surface area contributed by atoms with Crippen LogP contribution in [0.15, 0.2) is 28.9 Å². The zero-order valence-electron chi connectivity index (χ0n) is 14.9. The van der Waals surface area contributed by atoms with Gasteiger partial charge in [-0.05, 0) is 38.8 Å². The van der Waals surface area contributed by atoms with Gasteiger partial charge in [-0.25, -0.2) is 14.4 Å². The lowest BCUT2D eigenvalue weighted by Crippen LogP contribution is -2.24. The molecule has 3 aromatic rings. The van der Waals surface area contributed by atoms with Crippen molar-refractivity contribution in [2.45, 2.75) is 38.8 Å². The third kappa shape index (κ3) is 3.47. The van der Waals surface area contributed by atoms with Crippen LogP contribution < -0.4 is 10.6 Å². The highest BCUT2D eigenvalue weighted by Crippen LogP contribution is 2.40. The number of carbonyl (C=O) groups excluding carboxylic acids is 1. The minimum Gasteiger partial charge on any atom is -0.442 e. The Morgan fingerprint density at radius 3 is 2.85 bits per heavy atom. The number of aryl methyl sites for hydroxylation is 1. The Kier molecular flexibility index (Phi) is 4.26. The van der Waals surface area contributed by atoms with Crippen LogP contribution in [0.25, 0.3) is 11.1 Å². The van der Waals surface area contributed by atoms with Gasteiger partial charge in [-0.2, -0.15) is 0 Å². The van der Waals surface area contributed by atoms with Crippen molar-refractivity contribution in [1.29, 1.82) is 0 Å². The molecule has 1 aliphatic rings. The van der Waals surface area contributed by atoms with Crippen LogP contribution in [0.4, 0.5) is 10.2 Å². The number of aromatic nitrogens is 2. The number of benzene rings is 1. The molecule has 1 aromatic carbocycles. The van der Waals surface area contributed by atoms with Crippen molar-refractivity contribution in [2.24, 2.45) is 0 Å². The average molecular weight is 389 g/mol. The number of fused-ring (bicyclic) bond motifs is 1. The average Bonchev–Trinajstić information content (AvgIpc) is 3.22. The van der Waals surface area contributed by atoms with Gasteiger partial charge in [0, 0.05) is 22.7 Å². The molecule has 2 aromatic heterocycles. The number of nitrogens with one attached hydrogen (secondary N) is 2. The minimum atomic E-state index is -0.469. The first-order valence-corrected chi connectivity index (χ1v) is 8.98. The largest absolute Gasteiger partial charge is 0.442 e. The monoisotopic (exact) mass is 388 g/mol. The molecule has 1 amide bonds. The second-order valence-electron chi connectivity index (χ2n) is 7.04. The zero-order valence-corrected chi connectivity index (χ0v) is 15.7. The van der Waals surface area contributed by atoms with Crippen molar-refractivity contribution < 1.29 is 13.6 Å². The number of hydrogen-bond acceptors (Lipinski definition) is 5. The molecular formula is C19H18ClFN4O2. The SMILES string of the molecule is Cc1oc2ncnc(NC3(C)CC3)c2c1C(=O)NCc1ccc(Cl)cc1F. The summed E-state index contributed by atoms with van der Waals surface area (Å²) in [5.74, 6) is 0.159. The van der Waals surface area contributed by atoms with Gasteiger partial charge in [0.2, 0.25) is 5.71 Å². The second-order valence-corrected chi connectivity index (χ2v) is 7.48. The van der Waals surface area contributed by atoms with E-state index in [9.17, 15) is 9.18 Å². The number of halogens is 2. The highest BCUT2D eigenvalue weighted by molar-refractivity contribution is 6.30. The minimum absolute atomic E-state index is 0.0212. The lowest BCUT2D eigenvalue weighted by atomic mass is 10.1. The number of furan rings is 1. The molecule has 0 radical (unpaired) electrons. The summed E-state index contributed by atoms with van der Waals surface area (Å²) < 4.78 is 19.6. The first-order valence-electron chi connectivity index (χ1n) is 8.61. The van der Waals surface area contributed by atoms with E-state index < -0.39 is 5.82 Å². The molecule has 0 spiro atoms. The van der Waals surface area contributed by atoms with E-state index in [0.717, 1.165) is 12.8 Å². The van der Waals surface area contributed by atoms with E-state index >= 15 is 0 Å². The zero-order chi connectivity index (χ0) is 19.2. The van der Waals surface area contributed by atoms with Crippen LogP contribution in [-0.2, 0) is 6.54 Å². The normalized spacial score (nSPS) is 15.0. The van der Waals surface area contributed by atoms with Gasteiger partial charge in [0.05, 0.1) is 10.9 Å². The van der Waals surface area contributed by atoms with Crippen LogP contribution in [0, 0.1) is 12.7 Å². The molecule has 4 rings (SSSR count). The van der Waals surface area contributed by atoms with E-state index in [4.69, 9.17) is 16.0 Å². The summed E-state index contributed by atoms with van der Waals surface area (Å²) in [5.41, 5.74) is 1.02. The van der Waals surface area contributed by atoms with Crippen molar-refractivity contribution in [3.63, 3.8) is 0 Å². The molecule has 140 valence electrons. The van der Waals surface area contributed by atoms with Crippen LogP contribution in [0.1, 0.15) is 41.4 Å². The molecule has 2 heterocycles. The Morgan fingerprint density at radius 1 is 1.37 bits per heavy atom. The Balaban J connectivity index is 1.64. The summed E-state index contributed by atoms with van der Waals surface area (Å²) in [5, 5.41) is 6.95. The molecule has 0 saturated heterocycles. The van der Waals surface area contributed by atoms with Gasteiger partial charge >= 0.3 is 0 Å². The molecule has 1 fully saturated rings. The maximum Gasteiger partial charge on any atom is 0.255 e.